The van der Waals surface area contributed by atoms with E-state index in [1.54, 1.807) is 6.07 Å². The van der Waals surface area contributed by atoms with Crippen LogP contribution in [0.1, 0.15) is 32.6 Å². The summed E-state index contributed by atoms with van der Waals surface area (Å²) in [6.07, 6.45) is 4.03. The number of anilines is 1. The molecule has 0 bridgehead atoms. The number of nitriles is 1. The Balaban J connectivity index is 1.52. The van der Waals surface area contributed by atoms with Gasteiger partial charge in [-0.1, -0.05) is 60.4 Å². The molecule has 0 saturated heterocycles. The Morgan fingerprint density at radius 3 is 2.48 bits per heavy atom. The Morgan fingerprint density at radius 1 is 0.970 bits per heavy atom. The fourth-order valence-electron chi connectivity index (χ4n) is 3.85. The van der Waals surface area contributed by atoms with Gasteiger partial charge in [-0.2, -0.15) is 5.26 Å². The summed E-state index contributed by atoms with van der Waals surface area (Å²) in [6, 6.07) is 25.8. The highest BCUT2D eigenvalue weighted by atomic mass is 16.2. The number of nitrogens with zero attached hydrogens (tertiary/aromatic N) is 3. The summed E-state index contributed by atoms with van der Waals surface area (Å²) in [6.45, 7) is 4.51. The molecule has 1 aliphatic heterocycles. The van der Waals surface area contributed by atoms with Crippen LogP contribution >= 0.6 is 0 Å². The first-order valence-electron chi connectivity index (χ1n) is 11.0. The topological polar surface area (TPSA) is 47.3 Å². The zero-order valence-corrected chi connectivity index (χ0v) is 18.7. The molecule has 0 saturated carbocycles. The number of carbonyl (C=O) groups excluding carboxylic acids is 1. The minimum absolute atomic E-state index is 0.0587. The van der Waals surface area contributed by atoms with Crippen LogP contribution in [0.15, 0.2) is 84.9 Å². The summed E-state index contributed by atoms with van der Waals surface area (Å²) < 4.78 is 0. The van der Waals surface area contributed by atoms with Gasteiger partial charge in [0.25, 0.3) is 5.91 Å². The number of rotatable bonds is 5. The van der Waals surface area contributed by atoms with E-state index in [0.717, 1.165) is 22.4 Å². The average Bonchev–Trinajstić information content (AvgIpc) is 3.39. The van der Waals surface area contributed by atoms with E-state index in [-0.39, 0.29) is 5.91 Å². The lowest BCUT2D eigenvalue weighted by Crippen LogP contribution is -2.28. The van der Waals surface area contributed by atoms with E-state index >= 15 is 0 Å². The van der Waals surface area contributed by atoms with E-state index in [1.165, 1.54) is 5.56 Å². The van der Waals surface area contributed by atoms with Gasteiger partial charge in [-0.3, -0.25) is 4.79 Å². The molecule has 162 valence electrons. The third-order valence-corrected chi connectivity index (χ3v) is 5.62. The van der Waals surface area contributed by atoms with Crippen molar-refractivity contribution in [2.45, 2.75) is 13.5 Å². The maximum atomic E-state index is 12.7. The Kier molecular flexibility index (Phi) is 6.88. The van der Waals surface area contributed by atoms with E-state index in [0.29, 0.717) is 31.7 Å². The molecule has 0 N–H and O–H groups in total. The Hall–Kier alpha value is -4.28. The van der Waals surface area contributed by atoms with E-state index < -0.39 is 0 Å². The molecule has 0 atom stereocenters. The fraction of sp³-hybridized carbons (Fsp3) is 0.172. The maximum absolute atomic E-state index is 12.7. The van der Waals surface area contributed by atoms with E-state index in [2.05, 4.69) is 34.9 Å². The second kappa shape index (κ2) is 10.4. The number of hydrogen-bond acceptors (Lipinski definition) is 3. The van der Waals surface area contributed by atoms with Crippen molar-refractivity contribution in [3.8, 4) is 17.9 Å². The molecule has 0 spiro atoms. The van der Waals surface area contributed by atoms with Crippen molar-refractivity contribution < 1.29 is 4.79 Å². The zero-order valence-electron chi connectivity index (χ0n) is 18.7. The van der Waals surface area contributed by atoms with E-state index in [9.17, 15) is 10.1 Å². The van der Waals surface area contributed by atoms with Crippen LogP contribution < -0.4 is 4.90 Å². The molecule has 0 aliphatic carbocycles. The Morgan fingerprint density at radius 2 is 1.76 bits per heavy atom. The molecular formula is C29H25N3O. The molecule has 0 fully saturated rings. The van der Waals surface area contributed by atoms with E-state index in [1.807, 2.05) is 78.6 Å². The maximum Gasteiger partial charge on any atom is 0.254 e. The summed E-state index contributed by atoms with van der Waals surface area (Å²) in [4.78, 5) is 16.7. The first kappa shape index (κ1) is 21.9. The normalized spacial score (nSPS) is 12.1. The number of aryl methyl sites for hydroxylation is 1. The molecule has 4 heteroatoms. The van der Waals surface area contributed by atoms with Gasteiger partial charge < -0.3 is 9.80 Å². The second-order valence-corrected chi connectivity index (χ2v) is 8.02. The lowest BCUT2D eigenvalue weighted by molar-refractivity contribution is 0.0799. The molecule has 0 aromatic heterocycles. The third-order valence-electron chi connectivity index (χ3n) is 5.62. The number of benzene rings is 3. The molecule has 3 aromatic rings. The number of carbonyl (C=O) groups is 1. The molecule has 3 aromatic carbocycles. The molecular weight excluding hydrogens is 406 g/mol. The summed E-state index contributed by atoms with van der Waals surface area (Å²) in [5, 5.41) is 9.29. The van der Waals surface area contributed by atoms with Crippen molar-refractivity contribution in [1.29, 1.82) is 5.26 Å². The van der Waals surface area contributed by atoms with Gasteiger partial charge in [0.1, 0.15) is 0 Å². The van der Waals surface area contributed by atoms with Crippen molar-refractivity contribution in [2.75, 3.05) is 24.5 Å². The van der Waals surface area contributed by atoms with Gasteiger partial charge in [-0.05, 0) is 54.4 Å². The summed E-state index contributed by atoms with van der Waals surface area (Å²) >= 11 is 0. The lowest BCUT2D eigenvalue weighted by atomic mass is 10.0. The van der Waals surface area contributed by atoms with E-state index in [4.69, 9.17) is 0 Å². The minimum Gasteiger partial charge on any atom is -0.356 e. The summed E-state index contributed by atoms with van der Waals surface area (Å²) in [5.41, 5.74) is 5.31. The molecule has 4 rings (SSSR count). The van der Waals surface area contributed by atoms with Gasteiger partial charge in [0, 0.05) is 36.4 Å². The van der Waals surface area contributed by atoms with Crippen LogP contribution in [0.4, 0.5) is 5.69 Å². The van der Waals surface area contributed by atoms with Gasteiger partial charge in [0.05, 0.1) is 18.2 Å². The largest absolute Gasteiger partial charge is 0.356 e. The van der Waals surface area contributed by atoms with Gasteiger partial charge in [-0.15, -0.1) is 0 Å². The first-order valence-corrected chi connectivity index (χ1v) is 11.0. The highest BCUT2D eigenvalue weighted by Gasteiger charge is 2.18. The standard InChI is InChI=1S/C29H25N3O/c1-23-19-24(14-15-28(23)29(33)31-16-5-6-17-31)12-8-18-32(22-25-9-3-2-4-10-25)27-13-7-11-26(20-27)21-30/h2-7,9-11,13-15,19-20H,16-18,22H2,1H3. The second-order valence-electron chi connectivity index (χ2n) is 8.02. The van der Waals surface area contributed by atoms with Crippen molar-refractivity contribution in [3.05, 3.63) is 113 Å². The minimum atomic E-state index is 0.0587. The van der Waals surface area contributed by atoms with Crippen LogP contribution in [-0.2, 0) is 6.54 Å². The van der Waals surface area contributed by atoms with Gasteiger partial charge in [0.2, 0.25) is 0 Å². The number of amides is 1. The first-order chi connectivity index (χ1) is 16.1. The highest BCUT2D eigenvalue weighted by Crippen LogP contribution is 2.19. The SMILES string of the molecule is Cc1cc(C#CCN(Cc2ccccc2)c2cccc(C#N)c2)ccc1C(=O)N1CC=CC1. The van der Waals surface area contributed by atoms with Crippen LogP contribution in [0, 0.1) is 30.1 Å². The van der Waals surface area contributed by atoms with Crippen molar-refractivity contribution in [1.82, 2.24) is 4.90 Å². The van der Waals surface area contributed by atoms with Crippen LogP contribution in [0.3, 0.4) is 0 Å². The molecule has 33 heavy (non-hydrogen) atoms. The molecule has 4 nitrogen and oxygen atoms in total. The summed E-state index contributed by atoms with van der Waals surface area (Å²) in [7, 11) is 0. The van der Waals surface area contributed by atoms with Crippen molar-refractivity contribution in [2.24, 2.45) is 0 Å². The Labute approximate surface area is 195 Å². The molecule has 1 amide bonds. The number of hydrogen-bond donors (Lipinski definition) is 0. The zero-order chi connectivity index (χ0) is 23.0. The van der Waals surface area contributed by atoms with Gasteiger partial charge in [0.15, 0.2) is 0 Å². The quantitative estimate of drug-likeness (QED) is 0.425. The van der Waals surface area contributed by atoms with Crippen molar-refractivity contribution >= 4 is 11.6 Å². The van der Waals surface area contributed by atoms with Crippen molar-refractivity contribution in [3.63, 3.8) is 0 Å². The predicted octanol–water partition coefficient (Wildman–Crippen LogP) is 4.94. The van der Waals surface area contributed by atoms with Crippen LogP contribution in [0.5, 0.6) is 0 Å². The smallest absolute Gasteiger partial charge is 0.254 e. The lowest BCUT2D eigenvalue weighted by Gasteiger charge is -2.23. The van der Waals surface area contributed by atoms with Crippen LogP contribution in [0.2, 0.25) is 0 Å². The third kappa shape index (κ3) is 5.50. The molecule has 1 heterocycles. The molecule has 1 aliphatic rings. The summed E-state index contributed by atoms with van der Waals surface area (Å²) in [5.74, 6) is 6.58. The highest BCUT2D eigenvalue weighted by molar-refractivity contribution is 5.96. The van der Waals surface area contributed by atoms with Crippen LogP contribution in [0.25, 0.3) is 0 Å². The Bertz CT molecular complexity index is 1270. The predicted molar refractivity (Wildman–Crippen MR) is 132 cm³/mol. The molecule has 0 unspecified atom stereocenters. The molecule has 0 radical (unpaired) electrons. The fourth-order valence-corrected chi connectivity index (χ4v) is 3.85. The average molecular weight is 432 g/mol. The van der Waals surface area contributed by atoms with Gasteiger partial charge in [-0.25, -0.2) is 0 Å². The monoisotopic (exact) mass is 431 g/mol. The van der Waals surface area contributed by atoms with Crippen LogP contribution in [-0.4, -0.2) is 30.4 Å². The van der Waals surface area contributed by atoms with Gasteiger partial charge >= 0.3 is 0 Å².